The van der Waals surface area contributed by atoms with Crippen LogP contribution in [0.25, 0.3) is 0 Å². The second kappa shape index (κ2) is 9.04. The lowest BCUT2D eigenvalue weighted by Gasteiger charge is -2.32. The minimum atomic E-state index is -0.516. The molecular weight excluding hydrogens is 388 g/mol. The summed E-state index contributed by atoms with van der Waals surface area (Å²) in [5.41, 5.74) is 2.44. The maximum Gasteiger partial charge on any atom is 0.248 e. The Labute approximate surface area is 182 Å². The van der Waals surface area contributed by atoms with Gasteiger partial charge in [-0.2, -0.15) is 5.10 Å². The molecule has 0 radical (unpaired) electrons. The number of para-hydroxylation sites is 1. The van der Waals surface area contributed by atoms with Gasteiger partial charge in [0.2, 0.25) is 5.91 Å². The number of hydrogen-bond acceptors (Lipinski definition) is 4. The Balaban J connectivity index is 1.50. The van der Waals surface area contributed by atoms with Gasteiger partial charge in [-0.3, -0.25) is 4.79 Å². The Kier molecular flexibility index (Phi) is 6.03. The molecule has 1 unspecified atom stereocenters. The second-order valence-corrected chi connectivity index (χ2v) is 7.83. The first-order valence-electron chi connectivity index (χ1n) is 10.4. The standard InChI is InChI=1S/C26H26N2O3/c1-26(18-25(29)28(27-19-26)22-11-7-4-8-12-22)21-13-14-23(24(17-21)30-2)31-16-15-20-9-5-3-6-10-20/h3-14,17,19H,15-16,18H2,1-2H3. The van der Waals surface area contributed by atoms with E-state index in [9.17, 15) is 4.79 Å². The van der Waals surface area contributed by atoms with Crippen molar-refractivity contribution in [3.05, 3.63) is 90.0 Å². The van der Waals surface area contributed by atoms with Crippen molar-refractivity contribution in [2.45, 2.75) is 25.2 Å². The van der Waals surface area contributed by atoms with Crippen molar-refractivity contribution in [3.63, 3.8) is 0 Å². The van der Waals surface area contributed by atoms with E-state index in [1.807, 2.05) is 79.9 Å². The highest BCUT2D eigenvalue weighted by molar-refractivity contribution is 6.00. The number of rotatable bonds is 7. The quantitative estimate of drug-likeness (QED) is 0.547. The Morgan fingerprint density at radius 2 is 1.68 bits per heavy atom. The Morgan fingerprint density at radius 3 is 2.35 bits per heavy atom. The van der Waals surface area contributed by atoms with E-state index >= 15 is 0 Å². The molecule has 0 saturated carbocycles. The first-order valence-corrected chi connectivity index (χ1v) is 10.4. The molecule has 0 fully saturated rings. The number of carbonyl (C=O) groups is 1. The highest BCUT2D eigenvalue weighted by atomic mass is 16.5. The first-order chi connectivity index (χ1) is 15.1. The SMILES string of the molecule is COc1cc(C2(C)C=NN(c3ccccc3)C(=O)C2)ccc1OCCc1ccccc1. The Bertz CT molecular complexity index is 1070. The van der Waals surface area contributed by atoms with Crippen LogP contribution in [0.3, 0.4) is 0 Å². The summed E-state index contributed by atoms with van der Waals surface area (Å²) in [6.07, 6.45) is 2.98. The van der Waals surface area contributed by atoms with Crippen LogP contribution in [0.5, 0.6) is 11.5 Å². The van der Waals surface area contributed by atoms with Crippen LogP contribution in [0.4, 0.5) is 5.69 Å². The summed E-state index contributed by atoms with van der Waals surface area (Å²) in [6, 6.07) is 25.5. The minimum absolute atomic E-state index is 0.0432. The summed E-state index contributed by atoms with van der Waals surface area (Å²) in [7, 11) is 1.63. The summed E-state index contributed by atoms with van der Waals surface area (Å²) in [4.78, 5) is 12.8. The van der Waals surface area contributed by atoms with Gasteiger partial charge >= 0.3 is 0 Å². The van der Waals surface area contributed by atoms with Crippen LogP contribution >= 0.6 is 0 Å². The smallest absolute Gasteiger partial charge is 0.248 e. The predicted octanol–water partition coefficient (Wildman–Crippen LogP) is 5.00. The molecule has 1 atom stereocenters. The number of anilines is 1. The van der Waals surface area contributed by atoms with Gasteiger partial charge in [0, 0.05) is 24.5 Å². The molecule has 0 N–H and O–H groups in total. The van der Waals surface area contributed by atoms with Gasteiger partial charge in [-0.25, -0.2) is 5.01 Å². The lowest BCUT2D eigenvalue weighted by Crippen LogP contribution is -2.40. The summed E-state index contributed by atoms with van der Waals surface area (Å²) in [5.74, 6) is 1.30. The van der Waals surface area contributed by atoms with Crippen molar-refractivity contribution in [2.24, 2.45) is 5.10 Å². The molecule has 1 heterocycles. The fourth-order valence-electron chi connectivity index (χ4n) is 3.71. The molecule has 0 aliphatic carbocycles. The highest BCUT2D eigenvalue weighted by Crippen LogP contribution is 2.37. The molecule has 1 aliphatic heterocycles. The van der Waals surface area contributed by atoms with Crippen molar-refractivity contribution < 1.29 is 14.3 Å². The van der Waals surface area contributed by atoms with E-state index in [1.165, 1.54) is 10.6 Å². The van der Waals surface area contributed by atoms with Gasteiger partial charge in [-0.15, -0.1) is 0 Å². The molecule has 5 heteroatoms. The molecular formula is C26H26N2O3. The third-order valence-corrected chi connectivity index (χ3v) is 5.53. The number of benzene rings is 3. The summed E-state index contributed by atoms with van der Waals surface area (Å²) in [6.45, 7) is 2.57. The van der Waals surface area contributed by atoms with E-state index < -0.39 is 5.41 Å². The third kappa shape index (κ3) is 4.61. The fraction of sp³-hybridized carbons (Fsp3) is 0.231. The highest BCUT2D eigenvalue weighted by Gasteiger charge is 2.35. The number of hydrogen-bond donors (Lipinski definition) is 0. The average Bonchev–Trinajstić information content (AvgIpc) is 2.80. The molecule has 0 spiro atoms. The molecule has 31 heavy (non-hydrogen) atoms. The van der Waals surface area contributed by atoms with Crippen LogP contribution in [0.2, 0.25) is 0 Å². The number of nitrogens with zero attached hydrogens (tertiary/aromatic N) is 2. The largest absolute Gasteiger partial charge is 0.493 e. The molecule has 5 nitrogen and oxygen atoms in total. The van der Waals surface area contributed by atoms with Crippen molar-refractivity contribution in [3.8, 4) is 11.5 Å². The van der Waals surface area contributed by atoms with E-state index in [1.54, 1.807) is 7.11 Å². The molecule has 0 saturated heterocycles. The van der Waals surface area contributed by atoms with Gasteiger partial charge in [-0.1, -0.05) is 54.6 Å². The molecule has 4 rings (SSSR count). The maximum atomic E-state index is 12.8. The number of carbonyl (C=O) groups excluding carboxylic acids is 1. The lowest BCUT2D eigenvalue weighted by atomic mass is 9.79. The average molecular weight is 415 g/mol. The third-order valence-electron chi connectivity index (χ3n) is 5.53. The van der Waals surface area contributed by atoms with Crippen LogP contribution in [-0.4, -0.2) is 25.8 Å². The molecule has 1 amide bonds. The fourth-order valence-corrected chi connectivity index (χ4v) is 3.71. The number of hydrazone groups is 1. The summed E-state index contributed by atoms with van der Waals surface area (Å²) in [5, 5.41) is 5.92. The van der Waals surface area contributed by atoms with Crippen molar-refractivity contribution in [1.82, 2.24) is 0 Å². The topological polar surface area (TPSA) is 51.1 Å². The van der Waals surface area contributed by atoms with Gasteiger partial charge in [0.25, 0.3) is 0 Å². The van der Waals surface area contributed by atoms with E-state index in [4.69, 9.17) is 9.47 Å². The van der Waals surface area contributed by atoms with Gasteiger partial charge < -0.3 is 9.47 Å². The summed E-state index contributed by atoms with van der Waals surface area (Å²) >= 11 is 0. The number of methoxy groups -OCH3 is 1. The lowest BCUT2D eigenvalue weighted by molar-refractivity contribution is -0.119. The molecule has 1 aliphatic rings. The van der Waals surface area contributed by atoms with Crippen LogP contribution in [0.15, 0.2) is 84.0 Å². The van der Waals surface area contributed by atoms with Gasteiger partial charge in [0.1, 0.15) is 0 Å². The zero-order valence-electron chi connectivity index (χ0n) is 17.8. The van der Waals surface area contributed by atoms with Gasteiger partial charge in [0.05, 0.1) is 19.4 Å². The van der Waals surface area contributed by atoms with Crippen LogP contribution < -0.4 is 14.5 Å². The Morgan fingerprint density at radius 1 is 0.968 bits per heavy atom. The van der Waals surface area contributed by atoms with E-state index in [0.717, 1.165) is 17.7 Å². The second-order valence-electron chi connectivity index (χ2n) is 7.83. The normalized spacial score (nSPS) is 18.1. The first kappa shape index (κ1) is 20.7. The van der Waals surface area contributed by atoms with Crippen molar-refractivity contribution >= 4 is 17.8 Å². The van der Waals surface area contributed by atoms with E-state index in [2.05, 4.69) is 17.2 Å². The Hall–Kier alpha value is -3.60. The maximum absolute atomic E-state index is 12.8. The molecule has 3 aromatic rings. The minimum Gasteiger partial charge on any atom is -0.493 e. The zero-order chi connectivity index (χ0) is 21.7. The molecule has 0 aromatic heterocycles. The van der Waals surface area contributed by atoms with Crippen LogP contribution in [0, 0.1) is 0 Å². The number of amides is 1. The predicted molar refractivity (Wildman–Crippen MR) is 123 cm³/mol. The van der Waals surface area contributed by atoms with Crippen molar-refractivity contribution in [1.29, 1.82) is 0 Å². The van der Waals surface area contributed by atoms with Crippen LogP contribution in [0.1, 0.15) is 24.5 Å². The number of ether oxygens (including phenoxy) is 2. The monoisotopic (exact) mass is 414 g/mol. The van der Waals surface area contributed by atoms with Crippen molar-refractivity contribution in [2.75, 3.05) is 18.7 Å². The van der Waals surface area contributed by atoms with Crippen LogP contribution in [-0.2, 0) is 16.6 Å². The van der Waals surface area contributed by atoms with Gasteiger partial charge in [0.15, 0.2) is 11.5 Å². The molecule has 158 valence electrons. The van der Waals surface area contributed by atoms with E-state index in [-0.39, 0.29) is 5.91 Å². The van der Waals surface area contributed by atoms with Gasteiger partial charge in [-0.05, 0) is 42.3 Å². The molecule has 3 aromatic carbocycles. The zero-order valence-corrected chi connectivity index (χ0v) is 17.8. The van der Waals surface area contributed by atoms with E-state index in [0.29, 0.717) is 24.5 Å². The summed E-state index contributed by atoms with van der Waals surface area (Å²) < 4.78 is 11.5. The molecule has 0 bridgehead atoms.